The third kappa shape index (κ3) is 4.32. The average molecular weight is 416 g/mol. The van der Waals surface area contributed by atoms with Gasteiger partial charge in [0, 0.05) is 32.8 Å². The Morgan fingerprint density at radius 3 is 2.62 bits per heavy atom. The van der Waals surface area contributed by atoms with Gasteiger partial charge in [-0.1, -0.05) is 42.5 Å². The number of aromatic amines is 1. The highest BCUT2D eigenvalue weighted by atomic mass is 32.2. The lowest BCUT2D eigenvalue weighted by atomic mass is 10.1. The summed E-state index contributed by atoms with van der Waals surface area (Å²) in [6.45, 7) is 1.82. The first kappa shape index (κ1) is 19.2. The number of thioether (sulfide) groups is 1. The molecule has 142 valence electrons. The minimum Gasteiger partial charge on any atom is -0.325 e. The number of aromatic nitrogens is 2. The molecular formula is C23H17N3OS2. The Labute approximate surface area is 176 Å². The highest BCUT2D eigenvalue weighted by Crippen LogP contribution is 2.31. The van der Waals surface area contributed by atoms with Crippen molar-refractivity contribution in [3.05, 3.63) is 93.2 Å². The summed E-state index contributed by atoms with van der Waals surface area (Å²) < 4.78 is 0. The summed E-state index contributed by atoms with van der Waals surface area (Å²) in [6, 6.07) is 22.3. The Balaban J connectivity index is 1.53. The molecule has 2 aromatic heterocycles. The summed E-state index contributed by atoms with van der Waals surface area (Å²) in [5.74, 6) is 0.918. The molecular weight excluding hydrogens is 398 g/mol. The predicted octanol–water partition coefficient (Wildman–Crippen LogP) is 5.64. The number of benzene rings is 2. The lowest BCUT2D eigenvalue weighted by Gasteiger charge is -2.04. The molecule has 0 saturated carbocycles. The van der Waals surface area contributed by atoms with Crippen LogP contribution in [0.4, 0.5) is 0 Å². The standard InChI is InChI=1S/C23H17N3OS2/c1-15-20(11-18(12-24)22(27)25-15)21-14-29-23(26-21)17-9-7-16(8-10-17)13-28-19-5-3-2-4-6-19/h2-11,14H,13H2,1H3,(H,25,27). The molecule has 0 aliphatic rings. The molecule has 2 heterocycles. The smallest absolute Gasteiger partial charge is 0.266 e. The quantitative estimate of drug-likeness (QED) is 0.428. The molecule has 0 bridgehead atoms. The van der Waals surface area contributed by atoms with E-state index in [1.165, 1.54) is 10.5 Å². The predicted molar refractivity (Wildman–Crippen MR) is 119 cm³/mol. The first-order valence-corrected chi connectivity index (χ1v) is 10.9. The maximum atomic E-state index is 11.8. The average Bonchev–Trinajstić information content (AvgIpc) is 3.23. The molecule has 0 atom stereocenters. The lowest BCUT2D eigenvalue weighted by Crippen LogP contribution is -2.11. The number of nitrogens with zero attached hydrogens (tertiary/aromatic N) is 2. The van der Waals surface area contributed by atoms with Gasteiger partial charge in [0.05, 0.1) is 5.69 Å². The zero-order chi connectivity index (χ0) is 20.2. The fourth-order valence-corrected chi connectivity index (χ4v) is 4.63. The highest BCUT2D eigenvalue weighted by molar-refractivity contribution is 7.98. The van der Waals surface area contributed by atoms with E-state index in [0.717, 1.165) is 27.6 Å². The SMILES string of the molecule is Cc1[nH]c(=O)c(C#N)cc1-c1csc(-c2ccc(CSc3ccccc3)cc2)n1. The molecule has 4 aromatic rings. The van der Waals surface area contributed by atoms with Crippen LogP contribution in [0.3, 0.4) is 0 Å². The first-order chi connectivity index (χ1) is 14.1. The van der Waals surface area contributed by atoms with Gasteiger partial charge in [-0.3, -0.25) is 4.79 Å². The van der Waals surface area contributed by atoms with Gasteiger partial charge < -0.3 is 4.98 Å². The van der Waals surface area contributed by atoms with E-state index in [1.54, 1.807) is 17.4 Å². The van der Waals surface area contributed by atoms with Crippen LogP contribution in [0.1, 0.15) is 16.8 Å². The number of H-pyrrole nitrogens is 1. The molecule has 29 heavy (non-hydrogen) atoms. The number of hydrogen-bond acceptors (Lipinski definition) is 5. The number of aryl methyl sites for hydroxylation is 1. The Morgan fingerprint density at radius 1 is 1.14 bits per heavy atom. The zero-order valence-corrected chi connectivity index (χ0v) is 17.3. The van der Waals surface area contributed by atoms with Crippen LogP contribution in [0.25, 0.3) is 21.8 Å². The Kier molecular flexibility index (Phi) is 5.61. The van der Waals surface area contributed by atoms with Gasteiger partial charge in [-0.2, -0.15) is 5.26 Å². The monoisotopic (exact) mass is 415 g/mol. The zero-order valence-electron chi connectivity index (χ0n) is 15.7. The van der Waals surface area contributed by atoms with Gasteiger partial charge in [-0.05, 0) is 30.7 Å². The molecule has 0 saturated heterocycles. The highest BCUT2D eigenvalue weighted by Gasteiger charge is 2.12. The van der Waals surface area contributed by atoms with Crippen molar-refractivity contribution in [2.45, 2.75) is 17.6 Å². The van der Waals surface area contributed by atoms with Gasteiger partial charge in [-0.15, -0.1) is 23.1 Å². The largest absolute Gasteiger partial charge is 0.325 e. The van der Waals surface area contributed by atoms with E-state index in [0.29, 0.717) is 5.69 Å². The Morgan fingerprint density at radius 2 is 1.90 bits per heavy atom. The summed E-state index contributed by atoms with van der Waals surface area (Å²) in [6.07, 6.45) is 0. The molecule has 4 nitrogen and oxygen atoms in total. The van der Waals surface area contributed by atoms with Crippen LogP contribution in [0.15, 0.2) is 75.7 Å². The molecule has 0 unspecified atom stereocenters. The minimum absolute atomic E-state index is 0.0976. The van der Waals surface area contributed by atoms with Crippen LogP contribution in [-0.4, -0.2) is 9.97 Å². The second-order valence-electron chi connectivity index (χ2n) is 6.50. The number of nitriles is 1. The van der Waals surface area contributed by atoms with Crippen LogP contribution < -0.4 is 5.56 Å². The fourth-order valence-electron chi connectivity index (χ4n) is 2.93. The van der Waals surface area contributed by atoms with Crippen molar-refractivity contribution >= 4 is 23.1 Å². The number of hydrogen-bond donors (Lipinski definition) is 1. The van der Waals surface area contributed by atoms with E-state index in [9.17, 15) is 4.79 Å². The summed E-state index contributed by atoms with van der Waals surface area (Å²) in [5, 5.41) is 12.0. The van der Waals surface area contributed by atoms with Crippen molar-refractivity contribution < 1.29 is 0 Å². The maximum Gasteiger partial charge on any atom is 0.266 e. The van der Waals surface area contributed by atoms with Crippen LogP contribution >= 0.6 is 23.1 Å². The molecule has 1 N–H and O–H groups in total. The van der Waals surface area contributed by atoms with Crippen molar-refractivity contribution in [1.29, 1.82) is 5.26 Å². The molecule has 0 fully saturated rings. The van der Waals surface area contributed by atoms with Gasteiger partial charge in [0.2, 0.25) is 0 Å². The summed E-state index contributed by atoms with van der Waals surface area (Å²) in [5.41, 5.74) is 4.29. The molecule has 6 heteroatoms. The minimum atomic E-state index is -0.367. The Bertz CT molecular complexity index is 1240. The summed E-state index contributed by atoms with van der Waals surface area (Å²) >= 11 is 3.36. The van der Waals surface area contributed by atoms with E-state index >= 15 is 0 Å². The molecule has 0 aliphatic heterocycles. The van der Waals surface area contributed by atoms with E-state index in [-0.39, 0.29) is 11.1 Å². The lowest BCUT2D eigenvalue weighted by molar-refractivity contribution is 1.13. The normalized spacial score (nSPS) is 10.6. The summed E-state index contributed by atoms with van der Waals surface area (Å²) in [4.78, 5) is 20.5. The van der Waals surface area contributed by atoms with Gasteiger partial charge >= 0.3 is 0 Å². The van der Waals surface area contributed by atoms with Gasteiger partial charge in [0.25, 0.3) is 5.56 Å². The summed E-state index contributed by atoms with van der Waals surface area (Å²) in [7, 11) is 0. The number of nitrogens with one attached hydrogen (secondary N) is 1. The second kappa shape index (κ2) is 8.48. The topological polar surface area (TPSA) is 69.5 Å². The molecule has 4 rings (SSSR count). The van der Waals surface area contributed by atoms with Crippen molar-refractivity contribution in [1.82, 2.24) is 9.97 Å². The van der Waals surface area contributed by atoms with Crippen LogP contribution in [0.5, 0.6) is 0 Å². The number of thiazole rings is 1. The van der Waals surface area contributed by atoms with Crippen molar-refractivity contribution in [2.24, 2.45) is 0 Å². The van der Waals surface area contributed by atoms with Gasteiger partial charge in [0.1, 0.15) is 16.6 Å². The van der Waals surface area contributed by atoms with E-state index in [1.807, 2.05) is 36.2 Å². The second-order valence-corrected chi connectivity index (χ2v) is 8.41. The molecule has 2 aromatic carbocycles. The van der Waals surface area contributed by atoms with Gasteiger partial charge in [-0.25, -0.2) is 4.98 Å². The number of rotatable bonds is 5. The number of pyridine rings is 1. The van der Waals surface area contributed by atoms with E-state index in [2.05, 4.69) is 53.5 Å². The molecule has 0 amide bonds. The van der Waals surface area contributed by atoms with Crippen LogP contribution in [0, 0.1) is 18.3 Å². The third-order valence-corrected chi connectivity index (χ3v) is 6.46. The van der Waals surface area contributed by atoms with E-state index < -0.39 is 0 Å². The van der Waals surface area contributed by atoms with E-state index in [4.69, 9.17) is 10.2 Å². The van der Waals surface area contributed by atoms with Crippen molar-refractivity contribution in [3.63, 3.8) is 0 Å². The fraction of sp³-hybridized carbons (Fsp3) is 0.0870. The first-order valence-electron chi connectivity index (χ1n) is 9.01. The third-order valence-electron chi connectivity index (χ3n) is 4.49. The maximum absolute atomic E-state index is 11.8. The van der Waals surface area contributed by atoms with Crippen LogP contribution in [0.2, 0.25) is 0 Å². The van der Waals surface area contributed by atoms with Crippen molar-refractivity contribution in [2.75, 3.05) is 0 Å². The Hall–Kier alpha value is -3.14. The molecule has 0 spiro atoms. The molecule has 0 aliphatic carbocycles. The van der Waals surface area contributed by atoms with Crippen LogP contribution in [-0.2, 0) is 5.75 Å². The van der Waals surface area contributed by atoms with Crippen molar-refractivity contribution in [3.8, 4) is 27.9 Å². The molecule has 0 radical (unpaired) electrons. The van der Waals surface area contributed by atoms with Gasteiger partial charge in [0.15, 0.2) is 0 Å².